The lowest BCUT2D eigenvalue weighted by molar-refractivity contribution is 0.102. The van der Waals surface area contributed by atoms with E-state index in [0.717, 1.165) is 43.5 Å². The molecule has 0 bridgehead atoms. The van der Waals surface area contributed by atoms with Gasteiger partial charge in [0.25, 0.3) is 5.91 Å². The van der Waals surface area contributed by atoms with E-state index >= 15 is 0 Å². The van der Waals surface area contributed by atoms with E-state index in [1.165, 1.54) is 16.8 Å². The minimum atomic E-state index is -0.646. The number of rotatable bonds is 5. The summed E-state index contributed by atoms with van der Waals surface area (Å²) in [5.41, 5.74) is 1.85. The molecule has 2 aliphatic heterocycles. The van der Waals surface area contributed by atoms with Crippen molar-refractivity contribution in [2.75, 3.05) is 31.6 Å². The van der Waals surface area contributed by atoms with E-state index in [1.54, 1.807) is 30.0 Å². The lowest BCUT2D eigenvalue weighted by Gasteiger charge is -2.35. The second kappa shape index (κ2) is 10.6. The van der Waals surface area contributed by atoms with Crippen LogP contribution in [0.4, 0.5) is 15.0 Å². The number of anilines is 1. The first-order valence-electron chi connectivity index (χ1n) is 12.5. The molecule has 0 aliphatic carbocycles. The van der Waals surface area contributed by atoms with Crippen LogP contribution in [0.25, 0.3) is 11.5 Å². The standard InChI is InChI=1S/C25H29FN8O3/c1-16(15-35)34-23(29-30-31-34)21-6-5-7-22(27-21)28-24(36)19-12-18-14-33(11-8-17(18)13-20(19)26)25(37)32-9-3-2-4-10-32/h5-7,12-13,16,35H,2-4,8-11,14-15H2,1H3,(H,27,28,36)/t16-/m1/s1. The molecule has 3 amide bonds. The Morgan fingerprint density at radius 1 is 1.11 bits per heavy atom. The third-order valence-electron chi connectivity index (χ3n) is 6.84. The van der Waals surface area contributed by atoms with Gasteiger partial charge in [-0.05, 0) is 78.4 Å². The summed E-state index contributed by atoms with van der Waals surface area (Å²) in [5, 5.41) is 23.6. The Labute approximate surface area is 213 Å². The SMILES string of the molecule is C[C@H](CO)n1nnnc1-c1cccc(NC(=O)c2cc3c(cc2F)CCN(C(=O)N2CCCCC2)C3)n1. The number of aliphatic hydroxyl groups excluding tert-OH is 1. The molecular formula is C25H29FN8O3. The van der Waals surface area contributed by atoms with Crippen LogP contribution in [-0.2, 0) is 13.0 Å². The number of nitrogens with zero attached hydrogens (tertiary/aromatic N) is 7. The van der Waals surface area contributed by atoms with Crippen LogP contribution in [0.5, 0.6) is 0 Å². The van der Waals surface area contributed by atoms with Crippen molar-refractivity contribution >= 4 is 17.8 Å². The van der Waals surface area contributed by atoms with Gasteiger partial charge >= 0.3 is 6.03 Å². The number of benzene rings is 1. The molecule has 1 atom stereocenters. The quantitative estimate of drug-likeness (QED) is 0.542. The average molecular weight is 509 g/mol. The molecule has 11 nitrogen and oxygen atoms in total. The van der Waals surface area contributed by atoms with Crippen molar-refractivity contribution in [2.45, 2.75) is 45.2 Å². The third-order valence-corrected chi connectivity index (χ3v) is 6.84. The molecule has 4 heterocycles. The molecule has 5 rings (SSSR count). The molecule has 0 spiro atoms. The summed E-state index contributed by atoms with van der Waals surface area (Å²) in [5.74, 6) is -0.736. The molecule has 0 unspecified atom stereocenters. The Kier molecular flexibility index (Phi) is 7.08. The number of tetrazole rings is 1. The summed E-state index contributed by atoms with van der Waals surface area (Å²) >= 11 is 0. The van der Waals surface area contributed by atoms with Crippen LogP contribution in [0.3, 0.4) is 0 Å². The molecule has 37 heavy (non-hydrogen) atoms. The molecule has 1 aromatic carbocycles. The molecule has 0 saturated carbocycles. The van der Waals surface area contributed by atoms with Crippen LogP contribution in [0.1, 0.15) is 53.7 Å². The number of pyridine rings is 1. The van der Waals surface area contributed by atoms with E-state index in [0.29, 0.717) is 31.0 Å². The van der Waals surface area contributed by atoms with Gasteiger partial charge in [-0.3, -0.25) is 4.79 Å². The lowest BCUT2D eigenvalue weighted by Crippen LogP contribution is -2.47. The largest absolute Gasteiger partial charge is 0.394 e. The van der Waals surface area contributed by atoms with Crippen molar-refractivity contribution in [1.29, 1.82) is 0 Å². The molecule has 2 N–H and O–H groups in total. The van der Waals surface area contributed by atoms with Gasteiger partial charge in [-0.2, -0.15) is 0 Å². The number of aliphatic hydroxyl groups is 1. The van der Waals surface area contributed by atoms with Gasteiger partial charge in [0.05, 0.1) is 18.2 Å². The van der Waals surface area contributed by atoms with Crippen LogP contribution in [0.2, 0.25) is 0 Å². The predicted octanol–water partition coefficient (Wildman–Crippen LogP) is 2.64. The summed E-state index contributed by atoms with van der Waals surface area (Å²) in [6, 6.07) is 7.49. The van der Waals surface area contributed by atoms with Gasteiger partial charge in [-0.25, -0.2) is 18.9 Å². The Bertz CT molecular complexity index is 1310. The zero-order chi connectivity index (χ0) is 25.9. The molecular weight excluding hydrogens is 479 g/mol. The summed E-state index contributed by atoms with van der Waals surface area (Å²) in [4.78, 5) is 34.1. The maximum absolute atomic E-state index is 14.9. The van der Waals surface area contributed by atoms with Crippen molar-refractivity contribution in [3.8, 4) is 11.5 Å². The van der Waals surface area contributed by atoms with Gasteiger partial charge in [0.2, 0.25) is 5.82 Å². The zero-order valence-corrected chi connectivity index (χ0v) is 20.6. The van der Waals surface area contributed by atoms with Gasteiger partial charge in [0.15, 0.2) is 0 Å². The van der Waals surface area contributed by atoms with Crippen molar-refractivity contribution in [3.63, 3.8) is 0 Å². The number of hydrogen-bond donors (Lipinski definition) is 2. The summed E-state index contributed by atoms with van der Waals surface area (Å²) in [6.07, 6.45) is 3.70. The normalized spacial score (nSPS) is 16.3. The van der Waals surface area contributed by atoms with Crippen molar-refractivity contribution < 1.29 is 19.1 Å². The van der Waals surface area contributed by atoms with Gasteiger partial charge in [0, 0.05) is 26.2 Å². The summed E-state index contributed by atoms with van der Waals surface area (Å²) in [6.45, 7) is 3.98. The number of aromatic nitrogens is 5. The number of halogens is 1. The Balaban J connectivity index is 1.33. The maximum atomic E-state index is 14.9. The predicted molar refractivity (Wildman–Crippen MR) is 132 cm³/mol. The maximum Gasteiger partial charge on any atom is 0.320 e. The number of carbonyl (C=O) groups is 2. The van der Waals surface area contributed by atoms with Crippen molar-refractivity contribution in [2.24, 2.45) is 0 Å². The van der Waals surface area contributed by atoms with Crippen LogP contribution in [0.15, 0.2) is 30.3 Å². The fourth-order valence-electron chi connectivity index (χ4n) is 4.75. The van der Waals surface area contributed by atoms with Crippen LogP contribution < -0.4 is 5.32 Å². The number of urea groups is 1. The highest BCUT2D eigenvalue weighted by Crippen LogP contribution is 2.25. The number of hydrogen-bond acceptors (Lipinski definition) is 7. The monoisotopic (exact) mass is 508 g/mol. The first kappa shape index (κ1) is 24.8. The van der Waals surface area contributed by atoms with Gasteiger partial charge < -0.3 is 20.2 Å². The highest BCUT2D eigenvalue weighted by Gasteiger charge is 2.28. The summed E-state index contributed by atoms with van der Waals surface area (Å²) < 4.78 is 16.4. The molecule has 1 saturated heterocycles. The molecule has 1 fully saturated rings. The Morgan fingerprint density at radius 3 is 2.70 bits per heavy atom. The Hall–Kier alpha value is -3.93. The van der Waals surface area contributed by atoms with Gasteiger partial charge in [0.1, 0.15) is 17.3 Å². The number of amides is 3. The van der Waals surface area contributed by atoms with Crippen LogP contribution in [0, 0.1) is 5.82 Å². The van der Waals surface area contributed by atoms with Gasteiger partial charge in [-0.15, -0.1) is 5.10 Å². The number of nitrogens with one attached hydrogen (secondary N) is 1. The van der Waals surface area contributed by atoms with Crippen molar-refractivity contribution in [1.82, 2.24) is 35.0 Å². The lowest BCUT2D eigenvalue weighted by atomic mass is 9.96. The number of likely N-dealkylation sites (tertiary alicyclic amines) is 1. The van der Waals surface area contributed by atoms with E-state index in [4.69, 9.17) is 0 Å². The minimum Gasteiger partial charge on any atom is -0.394 e. The second-order valence-corrected chi connectivity index (χ2v) is 9.44. The third kappa shape index (κ3) is 5.15. The first-order valence-corrected chi connectivity index (χ1v) is 12.5. The van der Waals surface area contributed by atoms with E-state index in [9.17, 15) is 19.1 Å². The molecule has 0 radical (unpaired) electrons. The first-order chi connectivity index (χ1) is 17.9. The molecule has 2 aliphatic rings. The number of carbonyl (C=O) groups excluding carboxylic acids is 2. The molecule has 2 aromatic heterocycles. The van der Waals surface area contributed by atoms with Crippen LogP contribution >= 0.6 is 0 Å². The highest BCUT2D eigenvalue weighted by molar-refractivity contribution is 6.04. The van der Waals surface area contributed by atoms with E-state index in [2.05, 4.69) is 25.8 Å². The number of fused-ring (bicyclic) bond motifs is 1. The topological polar surface area (TPSA) is 129 Å². The molecule has 12 heteroatoms. The molecule has 194 valence electrons. The summed E-state index contributed by atoms with van der Waals surface area (Å²) in [7, 11) is 0. The van der Waals surface area contributed by atoms with E-state index < -0.39 is 11.7 Å². The fraction of sp³-hybridized carbons (Fsp3) is 0.440. The van der Waals surface area contributed by atoms with Crippen molar-refractivity contribution in [3.05, 3.63) is 52.8 Å². The minimum absolute atomic E-state index is 0.000419. The van der Waals surface area contributed by atoms with E-state index in [-0.39, 0.29) is 30.1 Å². The molecule has 3 aromatic rings. The second-order valence-electron chi connectivity index (χ2n) is 9.44. The fourth-order valence-corrected chi connectivity index (χ4v) is 4.75. The van der Waals surface area contributed by atoms with Crippen LogP contribution in [-0.4, -0.2) is 78.3 Å². The zero-order valence-electron chi connectivity index (χ0n) is 20.6. The Morgan fingerprint density at radius 2 is 1.92 bits per heavy atom. The average Bonchev–Trinajstić information content (AvgIpc) is 3.42. The smallest absolute Gasteiger partial charge is 0.320 e. The number of piperidine rings is 1. The highest BCUT2D eigenvalue weighted by atomic mass is 19.1. The van der Waals surface area contributed by atoms with E-state index in [1.807, 2.05) is 4.90 Å². The van der Waals surface area contributed by atoms with Gasteiger partial charge in [-0.1, -0.05) is 6.07 Å².